The van der Waals surface area contributed by atoms with Crippen molar-refractivity contribution in [2.24, 2.45) is 0 Å². The van der Waals surface area contributed by atoms with E-state index < -0.39 is 0 Å². The first-order valence-electron chi connectivity index (χ1n) is 5.25. The Hall–Kier alpha value is -2.23. The molecule has 0 radical (unpaired) electrons. The van der Waals surface area contributed by atoms with Crippen LogP contribution in [-0.4, -0.2) is 11.7 Å². The number of nitrogen functional groups attached to an aromatic ring is 1. The first-order valence-corrected chi connectivity index (χ1v) is 5.25. The third-order valence-corrected chi connectivity index (χ3v) is 2.55. The minimum Gasteiger partial charge on any atom is -0.497 e. The maximum Gasteiger partial charge on any atom is 0.257 e. The van der Waals surface area contributed by atoms with Gasteiger partial charge in [0.1, 0.15) is 5.75 Å². The highest BCUT2D eigenvalue weighted by atomic mass is 16.5. The highest BCUT2D eigenvalue weighted by Gasteiger charge is 2.05. The number of anilines is 1. The predicted octanol–water partition coefficient (Wildman–Crippen LogP) is 1.74. The van der Waals surface area contributed by atoms with Crippen molar-refractivity contribution in [2.75, 3.05) is 12.8 Å². The number of benzene rings is 1. The molecule has 1 heterocycles. The number of methoxy groups -OCH3 is 1. The van der Waals surface area contributed by atoms with Crippen LogP contribution < -0.4 is 16.0 Å². The Balaban J connectivity index is 2.64. The molecule has 0 bridgehead atoms. The van der Waals surface area contributed by atoms with Crippen LogP contribution in [0.1, 0.15) is 5.69 Å². The average molecular weight is 230 g/mol. The summed E-state index contributed by atoms with van der Waals surface area (Å²) in [5.74, 6) is 0.714. The Kier molecular flexibility index (Phi) is 2.87. The number of rotatable bonds is 2. The lowest BCUT2D eigenvalue weighted by atomic mass is 10.2. The quantitative estimate of drug-likeness (QED) is 0.854. The summed E-state index contributed by atoms with van der Waals surface area (Å²) < 4.78 is 6.74. The molecule has 0 aliphatic carbocycles. The van der Waals surface area contributed by atoms with Crippen LogP contribution in [-0.2, 0) is 0 Å². The van der Waals surface area contributed by atoms with E-state index in [0.29, 0.717) is 11.4 Å². The molecule has 0 saturated heterocycles. The maximum absolute atomic E-state index is 11.9. The molecule has 0 aliphatic rings. The van der Waals surface area contributed by atoms with Gasteiger partial charge in [0.05, 0.1) is 12.8 Å². The fraction of sp³-hybridized carbons (Fsp3) is 0.154. The van der Waals surface area contributed by atoms with Gasteiger partial charge in [0, 0.05) is 23.5 Å². The summed E-state index contributed by atoms with van der Waals surface area (Å²) in [7, 11) is 1.59. The van der Waals surface area contributed by atoms with Crippen LogP contribution in [0.25, 0.3) is 5.69 Å². The number of hydrogen-bond acceptors (Lipinski definition) is 3. The SMILES string of the molecule is COc1cccc(-n2c(C)cc(N)cc2=O)c1. The number of ether oxygens (including phenoxy) is 1. The van der Waals surface area contributed by atoms with Gasteiger partial charge < -0.3 is 10.5 Å². The molecule has 0 saturated carbocycles. The fourth-order valence-electron chi connectivity index (χ4n) is 1.81. The largest absolute Gasteiger partial charge is 0.497 e. The van der Waals surface area contributed by atoms with Crippen LogP contribution in [0.4, 0.5) is 5.69 Å². The van der Waals surface area contributed by atoms with Gasteiger partial charge in [-0.05, 0) is 25.1 Å². The summed E-state index contributed by atoms with van der Waals surface area (Å²) in [5.41, 5.74) is 7.52. The molecule has 2 N–H and O–H groups in total. The molecule has 4 nitrogen and oxygen atoms in total. The molecule has 4 heteroatoms. The third-order valence-electron chi connectivity index (χ3n) is 2.55. The Labute approximate surface area is 99.3 Å². The van der Waals surface area contributed by atoms with Crippen LogP contribution in [0.3, 0.4) is 0 Å². The number of nitrogens with zero attached hydrogens (tertiary/aromatic N) is 1. The molecule has 0 fully saturated rings. The van der Waals surface area contributed by atoms with Crippen molar-refractivity contribution in [3.8, 4) is 11.4 Å². The second-order valence-electron chi connectivity index (χ2n) is 3.81. The molecule has 0 amide bonds. The molecule has 17 heavy (non-hydrogen) atoms. The van der Waals surface area contributed by atoms with E-state index in [-0.39, 0.29) is 5.56 Å². The number of nitrogens with two attached hydrogens (primary N) is 1. The van der Waals surface area contributed by atoms with Gasteiger partial charge in [-0.15, -0.1) is 0 Å². The van der Waals surface area contributed by atoms with E-state index in [1.807, 2.05) is 31.2 Å². The lowest BCUT2D eigenvalue weighted by Gasteiger charge is -2.11. The van der Waals surface area contributed by atoms with E-state index in [9.17, 15) is 4.79 Å². The van der Waals surface area contributed by atoms with Crippen molar-refractivity contribution in [3.05, 3.63) is 52.4 Å². The van der Waals surface area contributed by atoms with Gasteiger partial charge in [0.25, 0.3) is 5.56 Å². The third kappa shape index (κ3) is 2.15. The van der Waals surface area contributed by atoms with E-state index in [1.54, 1.807) is 17.7 Å². The molecule has 0 unspecified atom stereocenters. The molecule has 88 valence electrons. The van der Waals surface area contributed by atoms with Crippen molar-refractivity contribution in [2.45, 2.75) is 6.92 Å². The number of aryl methyl sites for hydroxylation is 1. The predicted molar refractivity (Wildman–Crippen MR) is 67.7 cm³/mol. The first kappa shape index (κ1) is 11.3. The van der Waals surface area contributed by atoms with Crippen LogP contribution in [0, 0.1) is 6.92 Å². The topological polar surface area (TPSA) is 57.2 Å². The standard InChI is InChI=1S/C13H14N2O2/c1-9-6-10(14)7-13(16)15(9)11-4-3-5-12(8-11)17-2/h3-8H,14H2,1-2H3. The van der Waals surface area contributed by atoms with Crippen LogP contribution in [0.5, 0.6) is 5.75 Å². The second-order valence-corrected chi connectivity index (χ2v) is 3.81. The lowest BCUT2D eigenvalue weighted by Crippen LogP contribution is -2.20. The van der Waals surface area contributed by atoms with E-state index in [4.69, 9.17) is 10.5 Å². The molecule has 0 spiro atoms. The summed E-state index contributed by atoms with van der Waals surface area (Å²) in [5, 5.41) is 0. The van der Waals surface area contributed by atoms with Crippen LogP contribution in [0.15, 0.2) is 41.2 Å². The Morgan fingerprint density at radius 3 is 2.65 bits per heavy atom. The lowest BCUT2D eigenvalue weighted by molar-refractivity contribution is 0.414. The smallest absolute Gasteiger partial charge is 0.257 e. The number of pyridine rings is 1. The highest BCUT2D eigenvalue weighted by molar-refractivity contribution is 5.45. The van der Waals surface area contributed by atoms with Crippen LogP contribution >= 0.6 is 0 Å². The summed E-state index contributed by atoms with van der Waals surface area (Å²) in [6.07, 6.45) is 0. The average Bonchev–Trinajstić information content (AvgIpc) is 2.28. The zero-order valence-corrected chi connectivity index (χ0v) is 9.81. The van der Waals surface area contributed by atoms with Crippen molar-refractivity contribution >= 4 is 5.69 Å². The molecule has 0 atom stereocenters. The molecule has 1 aromatic heterocycles. The number of hydrogen-bond donors (Lipinski definition) is 1. The number of aromatic nitrogens is 1. The van der Waals surface area contributed by atoms with Gasteiger partial charge in [-0.2, -0.15) is 0 Å². The fourth-order valence-corrected chi connectivity index (χ4v) is 1.81. The zero-order chi connectivity index (χ0) is 12.4. The maximum atomic E-state index is 11.9. The molecule has 2 rings (SSSR count). The highest BCUT2D eigenvalue weighted by Crippen LogP contribution is 2.17. The minimum atomic E-state index is -0.143. The van der Waals surface area contributed by atoms with Crippen LogP contribution in [0.2, 0.25) is 0 Å². The van der Waals surface area contributed by atoms with Gasteiger partial charge in [-0.1, -0.05) is 6.07 Å². The molecule has 0 aliphatic heterocycles. The van der Waals surface area contributed by atoms with E-state index in [2.05, 4.69) is 0 Å². The van der Waals surface area contributed by atoms with Crippen molar-refractivity contribution in [1.82, 2.24) is 4.57 Å². The normalized spacial score (nSPS) is 10.2. The summed E-state index contributed by atoms with van der Waals surface area (Å²) >= 11 is 0. The minimum absolute atomic E-state index is 0.143. The van der Waals surface area contributed by atoms with E-state index in [1.165, 1.54) is 6.07 Å². The summed E-state index contributed by atoms with van der Waals surface area (Å²) in [6, 6.07) is 10.5. The van der Waals surface area contributed by atoms with Crippen molar-refractivity contribution in [3.63, 3.8) is 0 Å². The summed E-state index contributed by atoms with van der Waals surface area (Å²) in [4.78, 5) is 11.9. The first-order chi connectivity index (χ1) is 8.11. The Morgan fingerprint density at radius 2 is 2.00 bits per heavy atom. The second kappa shape index (κ2) is 4.33. The Bertz CT molecular complexity index is 603. The van der Waals surface area contributed by atoms with Gasteiger partial charge in [0.2, 0.25) is 0 Å². The molecule has 2 aromatic rings. The zero-order valence-electron chi connectivity index (χ0n) is 9.81. The van der Waals surface area contributed by atoms with E-state index in [0.717, 1.165) is 11.4 Å². The van der Waals surface area contributed by atoms with Gasteiger partial charge in [-0.3, -0.25) is 9.36 Å². The van der Waals surface area contributed by atoms with Gasteiger partial charge in [-0.25, -0.2) is 0 Å². The molecular weight excluding hydrogens is 216 g/mol. The van der Waals surface area contributed by atoms with E-state index >= 15 is 0 Å². The monoisotopic (exact) mass is 230 g/mol. The molecular formula is C13H14N2O2. The van der Waals surface area contributed by atoms with Gasteiger partial charge in [0.15, 0.2) is 0 Å². The van der Waals surface area contributed by atoms with Gasteiger partial charge >= 0.3 is 0 Å². The summed E-state index contributed by atoms with van der Waals surface area (Å²) in [6.45, 7) is 1.84. The Morgan fingerprint density at radius 1 is 1.24 bits per heavy atom. The molecule has 1 aromatic carbocycles. The van der Waals surface area contributed by atoms with Crippen molar-refractivity contribution < 1.29 is 4.74 Å². The van der Waals surface area contributed by atoms with Crippen molar-refractivity contribution in [1.29, 1.82) is 0 Å².